The van der Waals surface area contributed by atoms with Gasteiger partial charge in [-0.1, -0.05) is 35.9 Å². The lowest BCUT2D eigenvalue weighted by Crippen LogP contribution is -2.39. The molecular formula is C22H22ClFN4O4S2. The summed E-state index contributed by atoms with van der Waals surface area (Å²) in [5.41, 5.74) is 4.30. The molecule has 1 fully saturated rings. The second kappa shape index (κ2) is 10.3. The average Bonchev–Trinajstić information content (AvgIpc) is 3.38. The van der Waals surface area contributed by atoms with Crippen LogP contribution in [-0.2, 0) is 14.8 Å². The maximum absolute atomic E-state index is 14.8. The molecule has 2 aromatic carbocycles. The van der Waals surface area contributed by atoms with Gasteiger partial charge in [-0.25, -0.2) is 17.8 Å². The number of carboxylic acid groups (broad SMARTS) is 1. The molecule has 0 unspecified atom stereocenters. The van der Waals surface area contributed by atoms with Gasteiger partial charge in [0.2, 0.25) is 0 Å². The van der Waals surface area contributed by atoms with Crippen LogP contribution in [0.3, 0.4) is 0 Å². The topological polar surface area (TPSA) is 112 Å². The smallest absolute Gasteiger partial charge is 0.290 e. The fourth-order valence-corrected chi connectivity index (χ4v) is 6.16. The largest absolute Gasteiger partial charge is 0.483 e. The third-order valence-corrected chi connectivity index (χ3v) is 8.10. The maximum Gasteiger partial charge on any atom is 0.290 e. The molecule has 0 amide bonds. The monoisotopic (exact) mass is 524 g/mol. The van der Waals surface area contributed by atoms with Gasteiger partial charge in [0, 0.05) is 11.4 Å². The number of sulfonamides is 1. The first-order valence-corrected chi connectivity index (χ1v) is 13.2. The quantitative estimate of drug-likeness (QED) is 0.399. The van der Waals surface area contributed by atoms with E-state index in [9.17, 15) is 12.8 Å². The summed E-state index contributed by atoms with van der Waals surface area (Å²) in [6.45, 7) is 1.92. The number of halogens is 2. The molecule has 3 aromatic rings. The van der Waals surface area contributed by atoms with Gasteiger partial charge in [-0.3, -0.25) is 14.4 Å². The first-order valence-electron chi connectivity index (χ1n) is 10.4. The Morgan fingerprint density at radius 1 is 1.24 bits per heavy atom. The molecule has 180 valence electrons. The Bertz CT molecular complexity index is 1270. The van der Waals surface area contributed by atoms with E-state index in [0.29, 0.717) is 11.7 Å². The first kappa shape index (κ1) is 24.4. The van der Waals surface area contributed by atoms with Crippen LogP contribution in [0.25, 0.3) is 0 Å². The predicted octanol–water partition coefficient (Wildman–Crippen LogP) is 4.74. The molecule has 1 aliphatic heterocycles. The Labute approximate surface area is 205 Å². The fourth-order valence-electron chi connectivity index (χ4n) is 4.23. The lowest BCUT2D eigenvalue weighted by Gasteiger charge is -2.37. The van der Waals surface area contributed by atoms with Crippen molar-refractivity contribution in [1.82, 2.24) is 9.88 Å². The highest BCUT2D eigenvalue weighted by Gasteiger charge is 2.36. The van der Waals surface area contributed by atoms with Gasteiger partial charge in [-0.05, 0) is 49.2 Å². The second-order valence-corrected chi connectivity index (χ2v) is 10.6. The minimum Gasteiger partial charge on any atom is -0.483 e. The Hall–Kier alpha value is -2.73. The number of thiazole rings is 1. The lowest BCUT2D eigenvalue weighted by molar-refractivity contribution is -0.122. The Morgan fingerprint density at radius 2 is 1.94 bits per heavy atom. The van der Waals surface area contributed by atoms with Crippen molar-refractivity contribution in [3.63, 3.8) is 0 Å². The molecule has 5 rings (SSSR count). The molecule has 1 aromatic heterocycles. The van der Waals surface area contributed by atoms with Crippen molar-refractivity contribution in [3.05, 3.63) is 69.3 Å². The molecule has 8 nitrogen and oxygen atoms in total. The third-order valence-electron chi connectivity index (χ3n) is 5.83. The van der Waals surface area contributed by atoms with E-state index in [1.54, 1.807) is 0 Å². The summed E-state index contributed by atoms with van der Waals surface area (Å²) in [5, 5.41) is 11.9. The number of nitrogens with one attached hydrogen (secondary N) is 2. The predicted molar refractivity (Wildman–Crippen MR) is 129 cm³/mol. The molecule has 0 radical (unpaired) electrons. The highest BCUT2D eigenvalue weighted by atomic mass is 35.5. The molecule has 1 aliphatic carbocycles. The van der Waals surface area contributed by atoms with Gasteiger partial charge in [0.15, 0.2) is 5.82 Å². The van der Waals surface area contributed by atoms with E-state index in [0.717, 1.165) is 37.2 Å². The maximum atomic E-state index is 14.8. The number of aromatic nitrogens is 1. The molecule has 12 heteroatoms. The average molecular weight is 525 g/mol. The van der Waals surface area contributed by atoms with Crippen LogP contribution in [0.15, 0.2) is 52.2 Å². The zero-order chi connectivity index (χ0) is 24.3. The number of nitrogens with zero attached hydrogens (tertiary/aromatic N) is 2. The van der Waals surface area contributed by atoms with E-state index in [2.05, 4.69) is 32.1 Å². The summed E-state index contributed by atoms with van der Waals surface area (Å²) in [4.78, 5) is 14.2. The zero-order valence-electron chi connectivity index (χ0n) is 17.8. The van der Waals surface area contributed by atoms with Crippen molar-refractivity contribution < 1.29 is 22.7 Å². The Kier molecular flexibility index (Phi) is 7.36. The third kappa shape index (κ3) is 5.02. The molecule has 2 aliphatic rings. The van der Waals surface area contributed by atoms with E-state index in [1.165, 1.54) is 34.2 Å². The normalized spacial score (nSPS) is 19.4. The summed E-state index contributed by atoms with van der Waals surface area (Å²) in [6.07, 6.45) is 2.06. The molecule has 0 bridgehead atoms. The van der Waals surface area contributed by atoms with Crippen LogP contribution < -0.4 is 10.0 Å². The minimum atomic E-state index is -4.14. The van der Waals surface area contributed by atoms with Crippen LogP contribution in [0.4, 0.5) is 15.9 Å². The van der Waals surface area contributed by atoms with Gasteiger partial charge in [-0.15, -0.1) is 11.3 Å². The van der Waals surface area contributed by atoms with Crippen LogP contribution in [-0.4, -0.2) is 43.0 Å². The van der Waals surface area contributed by atoms with Gasteiger partial charge in [0.1, 0.15) is 10.7 Å². The SMILES string of the molecule is O=CO.O=S(=O)(Nc1cscn1)c1cc(Cl)c(N[C@H]2C[C@H](N3CCC3)c3ccccc32)cc1F. The molecule has 0 spiro atoms. The number of fused-ring (bicyclic) bond motifs is 1. The molecule has 1 saturated heterocycles. The molecule has 2 heterocycles. The summed E-state index contributed by atoms with van der Waals surface area (Å²) in [5.74, 6) is -0.734. The number of benzene rings is 2. The molecule has 2 atom stereocenters. The van der Waals surface area contributed by atoms with Gasteiger partial charge in [-0.2, -0.15) is 0 Å². The summed E-state index contributed by atoms with van der Waals surface area (Å²) >= 11 is 7.62. The lowest BCUT2D eigenvalue weighted by atomic mass is 10.0. The van der Waals surface area contributed by atoms with Crippen LogP contribution >= 0.6 is 22.9 Å². The van der Waals surface area contributed by atoms with Crippen molar-refractivity contribution >= 4 is 50.9 Å². The van der Waals surface area contributed by atoms with E-state index in [-0.39, 0.29) is 23.4 Å². The molecule has 3 N–H and O–H groups in total. The van der Waals surface area contributed by atoms with E-state index in [1.807, 2.05) is 12.1 Å². The summed E-state index contributed by atoms with van der Waals surface area (Å²) in [7, 11) is -4.14. The standard InChI is InChI=1S/C21H20ClFN4O2S2.CH2O2/c22-15-8-20(31(28,29)26-21-11-30-12-24-21)16(23)9-18(15)25-17-10-19(27-6-3-7-27)14-5-2-1-4-13(14)17;2-1-3/h1-2,4-5,8-9,11-12,17,19,25-26H,3,6-7,10H2;1H,(H,2,3)/t17-,19-;/m0./s1. The minimum absolute atomic E-state index is 0.0331. The number of anilines is 2. The van der Waals surface area contributed by atoms with Crippen LogP contribution in [0.1, 0.15) is 36.1 Å². The highest BCUT2D eigenvalue weighted by Crippen LogP contribution is 2.45. The molecule has 34 heavy (non-hydrogen) atoms. The zero-order valence-corrected chi connectivity index (χ0v) is 20.2. The van der Waals surface area contributed by atoms with Crippen molar-refractivity contribution in [2.45, 2.75) is 29.8 Å². The van der Waals surface area contributed by atoms with Gasteiger partial charge in [0.25, 0.3) is 16.5 Å². The van der Waals surface area contributed by atoms with Crippen LogP contribution in [0.5, 0.6) is 0 Å². The molecular weight excluding hydrogens is 503 g/mol. The number of rotatable bonds is 6. The number of hydrogen-bond donors (Lipinski definition) is 3. The Balaban J connectivity index is 0.000000868. The van der Waals surface area contributed by atoms with E-state index < -0.39 is 20.7 Å². The Morgan fingerprint density at radius 3 is 2.56 bits per heavy atom. The molecule has 0 saturated carbocycles. The van der Waals surface area contributed by atoms with Crippen molar-refractivity contribution in [3.8, 4) is 0 Å². The number of hydrogen-bond acceptors (Lipinski definition) is 7. The van der Waals surface area contributed by atoms with Crippen molar-refractivity contribution in [2.75, 3.05) is 23.1 Å². The summed E-state index contributed by atoms with van der Waals surface area (Å²) in [6, 6.07) is 10.8. The van der Waals surface area contributed by atoms with Gasteiger partial charge >= 0.3 is 0 Å². The van der Waals surface area contributed by atoms with Gasteiger partial charge in [0.05, 0.1) is 22.3 Å². The highest BCUT2D eigenvalue weighted by molar-refractivity contribution is 7.92. The number of carbonyl (C=O) groups is 1. The number of likely N-dealkylation sites (tertiary alicyclic amines) is 1. The first-order chi connectivity index (χ1) is 16.3. The van der Waals surface area contributed by atoms with Crippen LogP contribution in [0, 0.1) is 5.82 Å². The van der Waals surface area contributed by atoms with E-state index >= 15 is 0 Å². The van der Waals surface area contributed by atoms with Gasteiger partial charge < -0.3 is 10.4 Å². The van der Waals surface area contributed by atoms with Crippen LogP contribution in [0.2, 0.25) is 5.02 Å². The second-order valence-electron chi connectivity index (χ2n) is 7.81. The van der Waals surface area contributed by atoms with Crippen molar-refractivity contribution in [2.24, 2.45) is 0 Å². The van der Waals surface area contributed by atoms with E-state index in [4.69, 9.17) is 21.5 Å². The summed E-state index contributed by atoms with van der Waals surface area (Å²) < 4.78 is 42.3. The van der Waals surface area contributed by atoms with Crippen molar-refractivity contribution in [1.29, 1.82) is 0 Å². The fraction of sp³-hybridized carbons (Fsp3) is 0.273.